The van der Waals surface area contributed by atoms with Crippen LogP contribution in [0.25, 0.3) is 10.7 Å². The van der Waals surface area contributed by atoms with E-state index in [1.807, 2.05) is 36.4 Å². The van der Waals surface area contributed by atoms with Crippen LogP contribution >= 0.6 is 22.9 Å². The lowest BCUT2D eigenvalue weighted by Crippen LogP contribution is -2.38. The number of para-hydroxylation sites is 1. The molecule has 10 heteroatoms. The minimum absolute atomic E-state index is 0.115. The number of carbonyl (C=O) groups excluding carboxylic acids is 1. The number of nitrogens with zero attached hydrogens (tertiary/aromatic N) is 5. The summed E-state index contributed by atoms with van der Waals surface area (Å²) in [5.74, 6) is 1.20. The fourth-order valence-electron chi connectivity index (χ4n) is 3.11. The molecular weight excluding hydrogens is 426 g/mol. The first kappa shape index (κ1) is 20.5. The van der Waals surface area contributed by atoms with Crippen LogP contribution in [-0.4, -0.2) is 45.6 Å². The topological polar surface area (TPSA) is 90.3 Å². The molecule has 1 aliphatic rings. The molecular formula is C20H20ClN5O3S. The van der Waals surface area contributed by atoms with Gasteiger partial charge in [-0.05, 0) is 24.3 Å². The Bertz CT molecular complexity index is 1010. The monoisotopic (exact) mass is 445 g/mol. The molecule has 0 radical (unpaired) electrons. The van der Waals surface area contributed by atoms with Gasteiger partial charge in [0.05, 0.1) is 5.02 Å². The van der Waals surface area contributed by atoms with Crippen LogP contribution in [0.15, 0.2) is 36.4 Å². The van der Waals surface area contributed by atoms with Crippen LogP contribution in [0.2, 0.25) is 5.02 Å². The van der Waals surface area contributed by atoms with Gasteiger partial charge in [0.25, 0.3) is 0 Å². The van der Waals surface area contributed by atoms with Gasteiger partial charge in [-0.3, -0.25) is 4.79 Å². The van der Waals surface area contributed by atoms with Gasteiger partial charge in [-0.2, -0.15) is 0 Å². The molecule has 1 fully saturated rings. The Morgan fingerprint density at radius 2 is 1.93 bits per heavy atom. The van der Waals surface area contributed by atoms with Gasteiger partial charge in [0.1, 0.15) is 24.2 Å². The van der Waals surface area contributed by atoms with Crippen LogP contribution < -0.4 is 9.64 Å². The van der Waals surface area contributed by atoms with Gasteiger partial charge in [0.15, 0.2) is 15.8 Å². The number of hydrogen-bond donors (Lipinski definition) is 0. The summed E-state index contributed by atoms with van der Waals surface area (Å²) < 4.78 is 11.0. The molecule has 0 atom stereocenters. The summed E-state index contributed by atoms with van der Waals surface area (Å²) in [5.41, 5.74) is 0.641. The number of piperidine rings is 1. The van der Waals surface area contributed by atoms with Crippen LogP contribution in [0.1, 0.15) is 24.8 Å². The van der Waals surface area contributed by atoms with E-state index in [0.717, 1.165) is 37.5 Å². The molecule has 0 saturated carbocycles. The third-order valence-corrected chi connectivity index (χ3v) is 5.86. The summed E-state index contributed by atoms with van der Waals surface area (Å²) in [6.07, 6.45) is 1.89. The summed E-state index contributed by atoms with van der Waals surface area (Å²) in [5, 5.41) is 18.6. The molecule has 156 valence electrons. The first-order valence-electron chi connectivity index (χ1n) is 9.54. The predicted molar refractivity (Wildman–Crippen MR) is 114 cm³/mol. The quantitative estimate of drug-likeness (QED) is 0.530. The van der Waals surface area contributed by atoms with Gasteiger partial charge in [0.2, 0.25) is 0 Å². The van der Waals surface area contributed by atoms with E-state index >= 15 is 0 Å². The van der Waals surface area contributed by atoms with Gasteiger partial charge in [-0.1, -0.05) is 35.1 Å². The van der Waals surface area contributed by atoms with E-state index in [1.165, 1.54) is 18.3 Å². The third kappa shape index (κ3) is 5.03. The Morgan fingerprint density at radius 3 is 2.63 bits per heavy atom. The molecule has 0 bridgehead atoms. The largest absolute Gasteiger partial charge is 0.489 e. The van der Waals surface area contributed by atoms with Crippen LogP contribution in [0, 0.1) is 0 Å². The van der Waals surface area contributed by atoms with Gasteiger partial charge >= 0.3 is 5.97 Å². The minimum atomic E-state index is -0.350. The Hall–Kier alpha value is -2.78. The molecule has 30 heavy (non-hydrogen) atoms. The summed E-state index contributed by atoms with van der Waals surface area (Å²) in [7, 11) is 0. The maximum atomic E-state index is 10.9. The van der Waals surface area contributed by atoms with Crippen molar-refractivity contribution in [3.63, 3.8) is 0 Å². The SMILES string of the molecule is CC(=O)OCc1nnc(-c2ccc(N3CCC(Oc4ccccc4Cl)CC3)nn2)s1. The molecule has 0 unspecified atom stereocenters. The number of hydrogen-bond acceptors (Lipinski definition) is 9. The lowest BCUT2D eigenvalue weighted by Gasteiger charge is -2.32. The third-order valence-electron chi connectivity index (χ3n) is 4.63. The maximum absolute atomic E-state index is 10.9. The minimum Gasteiger partial charge on any atom is -0.489 e. The predicted octanol–water partition coefficient (Wildman–Crippen LogP) is 3.76. The molecule has 4 rings (SSSR count). The van der Waals surface area contributed by atoms with Crippen molar-refractivity contribution in [3.05, 3.63) is 46.4 Å². The molecule has 0 amide bonds. The second-order valence-electron chi connectivity index (χ2n) is 6.79. The summed E-state index contributed by atoms with van der Waals surface area (Å²) in [6.45, 7) is 3.13. The normalized spacial score (nSPS) is 14.5. The first-order chi connectivity index (χ1) is 14.6. The van der Waals surface area contributed by atoms with E-state index in [0.29, 0.717) is 20.7 Å². The Morgan fingerprint density at radius 1 is 1.13 bits per heavy atom. The number of benzene rings is 1. The lowest BCUT2D eigenvalue weighted by atomic mass is 10.1. The number of esters is 1. The lowest BCUT2D eigenvalue weighted by molar-refractivity contribution is -0.142. The zero-order chi connectivity index (χ0) is 20.9. The summed E-state index contributed by atoms with van der Waals surface area (Å²) >= 11 is 7.51. The second-order valence-corrected chi connectivity index (χ2v) is 8.26. The van der Waals surface area contributed by atoms with Crippen molar-refractivity contribution >= 4 is 34.7 Å². The van der Waals surface area contributed by atoms with Gasteiger partial charge in [-0.15, -0.1) is 20.4 Å². The average molecular weight is 446 g/mol. The van der Waals surface area contributed by atoms with E-state index in [-0.39, 0.29) is 18.7 Å². The van der Waals surface area contributed by atoms with Gasteiger partial charge in [0, 0.05) is 32.9 Å². The molecule has 3 aromatic rings. The van der Waals surface area contributed by atoms with Crippen molar-refractivity contribution in [3.8, 4) is 16.5 Å². The Labute approximate surface area is 182 Å². The first-order valence-corrected chi connectivity index (χ1v) is 10.7. The number of anilines is 1. The Kier molecular flexibility index (Phi) is 6.39. The van der Waals surface area contributed by atoms with E-state index in [4.69, 9.17) is 21.1 Å². The number of carbonyl (C=O) groups is 1. The molecule has 0 N–H and O–H groups in total. The van der Waals surface area contributed by atoms with E-state index in [1.54, 1.807) is 0 Å². The van der Waals surface area contributed by atoms with E-state index in [9.17, 15) is 4.79 Å². The van der Waals surface area contributed by atoms with Crippen LogP contribution in [0.5, 0.6) is 5.75 Å². The highest BCUT2D eigenvalue weighted by Gasteiger charge is 2.22. The number of rotatable bonds is 6. The fraction of sp³-hybridized carbons (Fsp3) is 0.350. The van der Waals surface area contributed by atoms with Crippen molar-refractivity contribution in [2.24, 2.45) is 0 Å². The Balaban J connectivity index is 1.33. The number of ether oxygens (including phenoxy) is 2. The fourth-order valence-corrected chi connectivity index (χ4v) is 4.01. The van der Waals surface area contributed by atoms with Crippen LogP contribution in [0.4, 0.5) is 5.82 Å². The van der Waals surface area contributed by atoms with Crippen molar-refractivity contribution in [1.29, 1.82) is 0 Å². The maximum Gasteiger partial charge on any atom is 0.303 e. The molecule has 8 nitrogen and oxygen atoms in total. The zero-order valence-electron chi connectivity index (χ0n) is 16.3. The van der Waals surface area contributed by atoms with Crippen LogP contribution in [-0.2, 0) is 16.1 Å². The molecule has 0 spiro atoms. The molecule has 1 aliphatic heterocycles. The summed E-state index contributed by atoms with van der Waals surface area (Å²) in [6, 6.07) is 11.4. The zero-order valence-corrected chi connectivity index (χ0v) is 17.9. The highest BCUT2D eigenvalue weighted by molar-refractivity contribution is 7.14. The standard InChI is InChI=1S/C20H20ClN5O3S/c1-13(27)28-12-19-24-25-20(30-19)16-6-7-18(23-22-16)26-10-8-14(9-11-26)29-17-5-3-2-4-15(17)21/h2-7,14H,8-12H2,1H3. The average Bonchev–Trinajstić information content (AvgIpc) is 3.24. The van der Waals surface area contributed by atoms with E-state index < -0.39 is 0 Å². The number of aromatic nitrogens is 4. The van der Waals surface area contributed by atoms with Crippen molar-refractivity contribution in [2.45, 2.75) is 32.5 Å². The highest BCUT2D eigenvalue weighted by Crippen LogP contribution is 2.28. The smallest absolute Gasteiger partial charge is 0.303 e. The summed E-state index contributed by atoms with van der Waals surface area (Å²) in [4.78, 5) is 13.1. The van der Waals surface area contributed by atoms with E-state index in [2.05, 4.69) is 25.3 Å². The second kappa shape index (κ2) is 9.36. The van der Waals surface area contributed by atoms with Crippen molar-refractivity contribution in [1.82, 2.24) is 20.4 Å². The molecule has 1 aromatic carbocycles. The molecule has 2 aromatic heterocycles. The molecule has 0 aliphatic carbocycles. The number of halogens is 1. The molecule has 3 heterocycles. The van der Waals surface area contributed by atoms with Crippen LogP contribution in [0.3, 0.4) is 0 Å². The van der Waals surface area contributed by atoms with Gasteiger partial charge in [-0.25, -0.2) is 0 Å². The highest BCUT2D eigenvalue weighted by atomic mass is 35.5. The van der Waals surface area contributed by atoms with Crippen molar-refractivity contribution < 1.29 is 14.3 Å². The van der Waals surface area contributed by atoms with Crippen molar-refractivity contribution in [2.75, 3.05) is 18.0 Å². The van der Waals surface area contributed by atoms with Gasteiger partial charge < -0.3 is 14.4 Å². The molecule has 1 saturated heterocycles.